The number of nitrogens with two attached hydrogens (primary N) is 3. The van der Waals surface area contributed by atoms with Gasteiger partial charge in [-0.3, -0.25) is 33.8 Å². The van der Waals surface area contributed by atoms with Crippen LogP contribution in [-0.2, 0) is 48.0 Å². The van der Waals surface area contributed by atoms with Gasteiger partial charge in [-0.15, -0.1) is 0 Å². The van der Waals surface area contributed by atoms with Crippen LogP contribution in [0.5, 0.6) is 0 Å². The van der Waals surface area contributed by atoms with Gasteiger partial charge in [-0.1, -0.05) is 66.5 Å². The number of hydrogen-bond donors (Lipinski definition) is 9. The Morgan fingerprint density at radius 3 is 1.98 bits per heavy atom. The summed E-state index contributed by atoms with van der Waals surface area (Å²) in [7, 11) is 0. The molecule has 6 amide bonds. The largest absolute Gasteiger partial charge is 0.370 e. The first kappa shape index (κ1) is 43.7. The summed E-state index contributed by atoms with van der Waals surface area (Å²) >= 11 is 12.3. The van der Waals surface area contributed by atoms with Crippen molar-refractivity contribution in [3.05, 3.63) is 87.9 Å². The molecule has 0 aliphatic heterocycles. The number of benzene rings is 2. The number of H-pyrrole nitrogens is 1. The highest BCUT2D eigenvalue weighted by Gasteiger charge is 2.32. The fourth-order valence-electron chi connectivity index (χ4n) is 5.38. The second kappa shape index (κ2) is 22.5. The van der Waals surface area contributed by atoms with Crippen molar-refractivity contribution < 1.29 is 28.8 Å². The smallest absolute Gasteiger partial charge is 0.243 e. The standard InChI is InChI=1S/C36H47Cl2N11O6/c1-2-7-31(51)46-29(17-23-18-42-20-45-23)35(55)49-28(15-21-8-4-3-5-9-21)34(54)47-26(10-6-13-43-36(40)41)33(53)48-27(32(52)44-19-30(39)50)16-22-11-12-24(37)25(38)14-22/h3-5,8-9,11-12,14,18,20,26-29H,2,6-7,10,13,15-17,19H2,1H3,(H2,39,50)(H,42,45)(H,44,52)(H,46,51)(H,47,54)(H,48,53)(H,49,55)(H4,40,41,43)/t26-,27?,28+,29-/m0/s1. The van der Waals surface area contributed by atoms with Crippen molar-refractivity contribution in [1.29, 1.82) is 0 Å². The number of aromatic amines is 1. The Balaban J connectivity index is 1.91. The Morgan fingerprint density at radius 1 is 0.764 bits per heavy atom. The van der Waals surface area contributed by atoms with E-state index in [0.717, 1.165) is 0 Å². The molecule has 0 fully saturated rings. The van der Waals surface area contributed by atoms with Crippen molar-refractivity contribution >= 4 is 64.6 Å². The van der Waals surface area contributed by atoms with Crippen LogP contribution in [0.25, 0.3) is 0 Å². The van der Waals surface area contributed by atoms with Gasteiger partial charge in [-0.2, -0.15) is 0 Å². The van der Waals surface area contributed by atoms with E-state index >= 15 is 0 Å². The predicted octanol–water partition coefficient (Wildman–Crippen LogP) is 0.139. The maximum absolute atomic E-state index is 14.1. The molecular formula is C36H47Cl2N11O6. The highest BCUT2D eigenvalue weighted by Crippen LogP contribution is 2.23. The van der Waals surface area contributed by atoms with Gasteiger partial charge in [0.05, 0.1) is 22.9 Å². The molecule has 0 aliphatic rings. The number of halogens is 2. The maximum Gasteiger partial charge on any atom is 0.243 e. The molecule has 1 heterocycles. The van der Waals surface area contributed by atoms with E-state index in [1.165, 1.54) is 24.7 Å². The Hall–Kier alpha value is -5.68. The third kappa shape index (κ3) is 15.7. The van der Waals surface area contributed by atoms with Crippen molar-refractivity contribution in [1.82, 2.24) is 36.6 Å². The number of rotatable bonds is 22. The molecule has 55 heavy (non-hydrogen) atoms. The van der Waals surface area contributed by atoms with Gasteiger partial charge in [0.15, 0.2) is 5.96 Å². The first-order valence-corrected chi connectivity index (χ1v) is 18.3. The highest BCUT2D eigenvalue weighted by atomic mass is 35.5. The molecule has 19 heteroatoms. The molecule has 12 N–H and O–H groups in total. The first-order chi connectivity index (χ1) is 26.2. The molecule has 1 aromatic heterocycles. The van der Waals surface area contributed by atoms with Crippen LogP contribution in [0.15, 0.2) is 66.0 Å². The third-order valence-corrected chi connectivity index (χ3v) is 8.83. The lowest BCUT2D eigenvalue weighted by atomic mass is 10.0. The molecule has 3 aromatic rings. The van der Waals surface area contributed by atoms with E-state index < -0.39 is 60.2 Å². The van der Waals surface area contributed by atoms with Crippen molar-refractivity contribution in [2.24, 2.45) is 22.2 Å². The number of primary amides is 1. The molecule has 2 aromatic carbocycles. The molecule has 0 saturated carbocycles. The Labute approximate surface area is 328 Å². The van der Waals surface area contributed by atoms with Gasteiger partial charge >= 0.3 is 0 Å². The van der Waals surface area contributed by atoms with E-state index in [4.69, 9.17) is 40.4 Å². The van der Waals surface area contributed by atoms with Gasteiger partial charge in [0, 0.05) is 44.1 Å². The fourth-order valence-corrected chi connectivity index (χ4v) is 5.70. The monoisotopic (exact) mass is 799 g/mol. The molecule has 0 saturated heterocycles. The van der Waals surface area contributed by atoms with E-state index in [2.05, 4.69) is 41.5 Å². The second-order valence-corrected chi connectivity index (χ2v) is 13.4. The highest BCUT2D eigenvalue weighted by molar-refractivity contribution is 6.42. The Morgan fingerprint density at radius 2 is 1.38 bits per heavy atom. The minimum atomic E-state index is -1.26. The fraction of sp³-hybridized carbons (Fsp3) is 0.389. The summed E-state index contributed by atoms with van der Waals surface area (Å²) in [4.78, 5) is 90.0. The van der Waals surface area contributed by atoms with Crippen LogP contribution >= 0.6 is 23.2 Å². The molecule has 3 rings (SSSR count). The summed E-state index contributed by atoms with van der Waals surface area (Å²) in [6.45, 7) is 1.45. The van der Waals surface area contributed by atoms with E-state index in [1.807, 2.05) is 6.92 Å². The normalized spacial score (nSPS) is 12.9. The van der Waals surface area contributed by atoms with Gasteiger partial charge in [0.1, 0.15) is 24.2 Å². The molecule has 1 unspecified atom stereocenters. The second-order valence-electron chi connectivity index (χ2n) is 12.6. The van der Waals surface area contributed by atoms with Gasteiger partial charge in [-0.25, -0.2) is 4.98 Å². The topological polar surface area (TPSA) is 282 Å². The van der Waals surface area contributed by atoms with Crippen LogP contribution in [-0.4, -0.2) is 88.6 Å². The summed E-state index contributed by atoms with van der Waals surface area (Å²) in [5, 5.41) is 13.8. The summed E-state index contributed by atoms with van der Waals surface area (Å²) in [6, 6.07) is 8.76. The summed E-state index contributed by atoms with van der Waals surface area (Å²) in [5.74, 6) is -4.17. The molecule has 17 nitrogen and oxygen atoms in total. The Kier molecular flexibility index (Phi) is 17.9. The molecule has 0 radical (unpaired) electrons. The predicted molar refractivity (Wildman–Crippen MR) is 207 cm³/mol. The van der Waals surface area contributed by atoms with E-state index in [1.54, 1.807) is 36.4 Å². The van der Waals surface area contributed by atoms with E-state index in [0.29, 0.717) is 23.2 Å². The lowest BCUT2D eigenvalue weighted by Gasteiger charge is -2.27. The molecular weight excluding hydrogens is 753 g/mol. The van der Waals surface area contributed by atoms with Crippen LogP contribution in [0.4, 0.5) is 0 Å². The number of nitrogens with one attached hydrogen (secondary N) is 6. The zero-order valence-electron chi connectivity index (χ0n) is 30.3. The van der Waals surface area contributed by atoms with E-state index in [9.17, 15) is 28.8 Å². The summed E-state index contributed by atoms with van der Waals surface area (Å²) in [5.41, 5.74) is 18.0. The molecule has 0 aliphatic carbocycles. The zero-order valence-corrected chi connectivity index (χ0v) is 31.8. The minimum Gasteiger partial charge on any atom is -0.370 e. The number of hydrogen-bond acceptors (Lipinski definition) is 8. The zero-order chi connectivity index (χ0) is 40.3. The number of carbonyl (C=O) groups is 6. The average molecular weight is 801 g/mol. The number of aliphatic imine (C=N–C) groups is 1. The van der Waals surface area contributed by atoms with Crippen LogP contribution < -0.4 is 43.8 Å². The number of guanidine groups is 1. The van der Waals surface area contributed by atoms with Crippen LogP contribution in [0, 0.1) is 0 Å². The number of nitrogens with zero attached hydrogens (tertiary/aromatic N) is 2. The van der Waals surface area contributed by atoms with Crippen molar-refractivity contribution in [2.75, 3.05) is 13.1 Å². The van der Waals surface area contributed by atoms with Crippen molar-refractivity contribution in [3.8, 4) is 0 Å². The number of carbonyl (C=O) groups excluding carboxylic acids is 6. The van der Waals surface area contributed by atoms with Crippen LogP contribution in [0.2, 0.25) is 10.0 Å². The summed E-state index contributed by atoms with van der Waals surface area (Å²) < 4.78 is 0. The lowest BCUT2D eigenvalue weighted by Crippen LogP contribution is -2.59. The molecule has 0 spiro atoms. The van der Waals surface area contributed by atoms with Gasteiger partial charge < -0.3 is 48.8 Å². The van der Waals surface area contributed by atoms with Crippen molar-refractivity contribution in [3.63, 3.8) is 0 Å². The molecule has 296 valence electrons. The summed E-state index contributed by atoms with van der Waals surface area (Å²) in [6.07, 6.45) is 3.96. The SMILES string of the molecule is CCCC(=O)N[C@@H](Cc1cnc[nH]1)C(=O)N[C@H](Cc1ccccc1)C(=O)N[C@@H](CCCN=C(N)N)C(=O)NC(Cc1ccc(Cl)c(Cl)c1)C(=O)NCC(N)=O. The minimum absolute atomic E-state index is 0.0122. The molecule has 0 bridgehead atoms. The third-order valence-electron chi connectivity index (χ3n) is 8.10. The Bertz CT molecular complexity index is 1790. The van der Waals surface area contributed by atoms with Gasteiger partial charge in [0.2, 0.25) is 35.4 Å². The number of imidazole rings is 1. The lowest BCUT2D eigenvalue weighted by molar-refractivity contribution is -0.134. The van der Waals surface area contributed by atoms with E-state index in [-0.39, 0.29) is 67.0 Å². The number of aromatic nitrogens is 2. The quantitative estimate of drug-likeness (QED) is 0.0379. The van der Waals surface area contributed by atoms with Gasteiger partial charge in [0.25, 0.3) is 0 Å². The molecule has 4 atom stereocenters. The van der Waals surface area contributed by atoms with Gasteiger partial charge in [-0.05, 0) is 42.5 Å². The maximum atomic E-state index is 14.1. The average Bonchev–Trinajstić information content (AvgIpc) is 3.66. The van der Waals surface area contributed by atoms with Crippen LogP contribution in [0.1, 0.15) is 49.4 Å². The van der Waals surface area contributed by atoms with Crippen molar-refractivity contribution in [2.45, 2.75) is 76.0 Å². The number of amides is 6. The first-order valence-electron chi connectivity index (χ1n) is 17.5. The van der Waals surface area contributed by atoms with Crippen LogP contribution in [0.3, 0.4) is 0 Å².